The molecule has 20 heavy (non-hydrogen) atoms. The number of hydrogen-bond donors (Lipinski definition) is 0. The summed E-state index contributed by atoms with van der Waals surface area (Å²) in [5.74, 6) is 0.780. The van der Waals surface area contributed by atoms with Gasteiger partial charge in [0.05, 0.1) is 0 Å². The quantitative estimate of drug-likeness (QED) is 0.748. The van der Waals surface area contributed by atoms with Gasteiger partial charge in [-0.1, -0.05) is 18.2 Å². The Hall–Kier alpha value is -1.28. The monoisotopic (exact) mass is 268 g/mol. The normalized spacial score (nSPS) is 25.8. The second-order valence-electron chi connectivity index (χ2n) is 6.75. The van der Waals surface area contributed by atoms with Crippen molar-refractivity contribution < 1.29 is 0 Å². The van der Waals surface area contributed by atoms with Gasteiger partial charge in [0.15, 0.2) is 0 Å². The van der Waals surface area contributed by atoms with Crippen molar-refractivity contribution in [2.24, 2.45) is 0 Å². The molecule has 3 heterocycles. The zero-order valence-electron chi connectivity index (χ0n) is 12.6. The lowest BCUT2D eigenvalue weighted by atomic mass is 9.90. The summed E-state index contributed by atoms with van der Waals surface area (Å²) in [6.07, 6.45) is 4.08. The predicted octanol–water partition coefficient (Wildman–Crippen LogP) is 4.31. The molecule has 0 spiro atoms. The Morgan fingerprint density at radius 1 is 1.10 bits per heavy atom. The Balaban J connectivity index is 2.04. The van der Waals surface area contributed by atoms with Crippen molar-refractivity contribution in [3.8, 4) is 0 Å². The Labute approximate surface area is 121 Å². The molecule has 2 heteroatoms. The summed E-state index contributed by atoms with van der Waals surface area (Å²) in [5.41, 5.74) is 4.72. The van der Waals surface area contributed by atoms with Crippen molar-refractivity contribution >= 4 is 10.9 Å². The third-order valence-corrected chi connectivity index (χ3v) is 5.17. The molecule has 2 atom stereocenters. The van der Waals surface area contributed by atoms with Crippen LogP contribution in [0, 0.1) is 0 Å². The van der Waals surface area contributed by atoms with Crippen molar-refractivity contribution in [1.29, 1.82) is 0 Å². The van der Waals surface area contributed by atoms with Gasteiger partial charge in [-0.2, -0.15) is 0 Å². The van der Waals surface area contributed by atoms with Gasteiger partial charge in [0, 0.05) is 29.2 Å². The van der Waals surface area contributed by atoms with Gasteiger partial charge in [0.25, 0.3) is 0 Å². The molecule has 1 saturated heterocycles. The Morgan fingerprint density at radius 3 is 2.80 bits per heavy atom. The first-order valence-corrected chi connectivity index (χ1v) is 8.09. The molecule has 1 fully saturated rings. The maximum absolute atomic E-state index is 2.67. The highest BCUT2D eigenvalue weighted by atomic mass is 15.2. The first kappa shape index (κ1) is 12.5. The first-order chi connectivity index (χ1) is 9.75. The van der Waals surface area contributed by atoms with Crippen LogP contribution in [-0.4, -0.2) is 22.6 Å². The molecule has 1 aromatic heterocycles. The Bertz CT molecular complexity index is 638. The zero-order valence-corrected chi connectivity index (χ0v) is 12.6. The minimum absolute atomic E-state index is 0.545. The number of benzene rings is 1. The second kappa shape index (κ2) is 4.63. The first-order valence-electron chi connectivity index (χ1n) is 8.09. The second-order valence-corrected chi connectivity index (χ2v) is 6.75. The third kappa shape index (κ3) is 1.74. The van der Waals surface area contributed by atoms with E-state index in [2.05, 4.69) is 47.6 Å². The maximum atomic E-state index is 2.67. The molecular weight excluding hydrogens is 244 g/mol. The van der Waals surface area contributed by atoms with Gasteiger partial charge in [-0.3, -0.25) is 4.90 Å². The zero-order chi connectivity index (χ0) is 13.7. The van der Waals surface area contributed by atoms with Crippen LogP contribution in [-0.2, 0) is 6.54 Å². The molecule has 4 rings (SSSR count). The van der Waals surface area contributed by atoms with Crippen LogP contribution in [0.25, 0.3) is 10.9 Å². The molecule has 0 N–H and O–H groups in total. The number of rotatable bonds is 1. The van der Waals surface area contributed by atoms with Crippen molar-refractivity contribution in [3.63, 3.8) is 0 Å². The molecule has 2 unspecified atom stereocenters. The van der Waals surface area contributed by atoms with E-state index in [9.17, 15) is 0 Å². The fourth-order valence-corrected chi connectivity index (χ4v) is 4.36. The van der Waals surface area contributed by atoms with Crippen LogP contribution in [0.2, 0.25) is 0 Å². The van der Waals surface area contributed by atoms with Gasteiger partial charge in [-0.05, 0) is 63.7 Å². The Morgan fingerprint density at radius 2 is 1.95 bits per heavy atom. The summed E-state index contributed by atoms with van der Waals surface area (Å²) in [4.78, 5) is 2.67. The van der Waals surface area contributed by atoms with E-state index in [1.807, 2.05) is 0 Å². The lowest BCUT2D eigenvalue weighted by Crippen LogP contribution is -2.25. The number of aromatic nitrogens is 1. The highest BCUT2D eigenvalue weighted by Crippen LogP contribution is 2.42. The lowest BCUT2D eigenvalue weighted by Gasteiger charge is -2.23. The summed E-state index contributed by atoms with van der Waals surface area (Å²) in [6.45, 7) is 8.37. The lowest BCUT2D eigenvalue weighted by molar-refractivity contribution is 0.272. The molecule has 106 valence electrons. The highest BCUT2D eigenvalue weighted by Gasteiger charge is 2.31. The molecule has 0 radical (unpaired) electrons. The van der Waals surface area contributed by atoms with E-state index in [4.69, 9.17) is 0 Å². The molecule has 2 aliphatic rings. The van der Waals surface area contributed by atoms with Gasteiger partial charge < -0.3 is 4.57 Å². The summed E-state index contributed by atoms with van der Waals surface area (Å²) in [5, 5.41) is 1.52. The van der Waals surface area contributed by atoms with Crippen LogP contribution in [0.5, 0.6) is 0 Å². The molecule has 2 bridgehead atoms. The molecule has 0 saturated carbocycles. The van der Waals surface area contributed by atoms with Gasteiger partial charge in [-0.15, -0.1) is 0 Å². The number of fused-ring (bicyclic) bond motifs is 7. The number of nitrogens with zero attached hydrogens (tertiary/aromatic N) is 2. The van der Waals surface area contributed by atoms with Crippen LogP contribution in [0.3, 0.4) is 0 Å². The molecule has 1 aromatic carbocycles. The SMILES string of the molecule is CC(C)n1c2c(c3ccccc31)C1CCCN(CC1)C2. The fourth-order valence-electron chi connectivity index (χ4n) is 4.36. The summed E-state index contributed by atoms with van der Waals surface area (Å²) < 4.78 is 2.60. The summed E-state index contributed by atoms with van der Waals surface area (Å²) >= 11 is 0. The standard InChI is InChI=1S/C18H24N2/c1-13(2)20-16-8-4-3-7-15(16)18-14-6-5-10-19(11-9-14)12-17(18)20/h3-4,7-8,13-14H,5-6,9-12H2,1-2H3. The van der Waals surface area contributed by atoms with Crippen LogP contribution >= 0.6 is 0 Å². The summed E-state index contributed by atoms with van der Waals surface area (Å²) in [7, 11) is 0. The average Bonchev–Trinajstić information content (AvgIpc) is 2.58. The van der Waals surface area contributed by atoms with Crippen LogP contribution in [0.15, 0.2) is 24.3 Å². The Kier molecular flexibility index (Phi) is 2.88. The number of para-hydroxylation sites is 1. The van der Waals surface area contributed by atoms with Crippen molar-refractivity contribution in [1.82, 2.24) is 9.47 Å². The van der Waals surface area contributed by atoms with E-state index in [-0.39, 0.29) is 0 Å². The van der Waals surface area contributed by atoms with Crippen LogP contribution in [0.4, 0.5) is 0 Å². The van der Waals surface area contributed by atoms with Crippen LogP contribution < -0.4 is 0 Å². The molecule has 0 amide bonds. The molecule has 0 aliphatic carbocycles. The largest absolute Gasteiger partial charge is 0.341 e. The molecule has 2 aliphatic heterocycles. The molecular formula is C18H24N2. The summed E-state index contributed by atoms with van der Waals surface area (Å²) in [6, 6.07) is 9.59. The van der Waals surface area contributed by atoms with E-state index in [0.717, 1.165) is 12.5 Å². The minimum Gasteiger partial charge on any atom is -0.341 e. The third-order valence-electron chi connectivity index (χ3n) is 5.17. The van der Waals surface area contributed by atoms with Crippen molar-refractivity contribution in [2.45, 2.75) is 51.6 Å². The molecule has 2 aromatic rings. The predicted molar refractivity (Wildman–Crippen MR) is 84.2 cm³/mol. The maximum Gasteiger partial charge on any atom is 0.0488 e. The van der Waals surface area contributed by atoms with E-state index in [1.165, 1.54) is 43.3 Å². The fraction of sp³-hybridized carbons (Fsp3) is 0.556. The van der Waals surface area contributed by atoms with Crippen molar-refractivity contribution in [2.75, 3.05) is 13.1 Å². The van der Waals surface area contributed by atoms with Gasteiger partial charge in [0.1, 0.15) is 0 Å². The average molecular weight is 268 g/mol. The van der Waals surface area contributed by atoms with E-state index >= 15 is 0 Å². The number of hydrogen-bond acceptors (Lipinski definition) is 1. The van der Waals surface area contributed by atoms with Gasteiger partial charge in [-0.25, -0.2) is 0 Å². The van der Waals surface area contributed by atoms with Crippen LogP contribution in [0.1, 0.15) is 56.3 Å². The molecule has 2 nitrogen and oxygen atoms in total. The smallest absolute Gasteiger partial charge is 0.0488 e. The van der Waals surface area contributed by atoms with E-state index in [1.54, 1.807) is 11.3 Å². The van der Waals surface area contributed by atoms with E-state index in [0.29, 0.717) is 6.04 Å². The topological polar surface area (TPSA) is 8.17 Å². The van der Waals surface area contributed by atoms with Gasteiger partial charge >= 0.3 is 0 Å². The highest BCUT2D eigenvalue weighted by molar-refractivity contribution is 5.86. The van der Waals surface area contributed by atoms with Gasteiger partial charge in [0.2, 0.25) is 0 Å². The minimum atomic E-state index is 0.545. The van der Waals surface area contributed by atoms with Crippen molar-refractivity contribution in [3.05, 3.63) is 35.5 Å². The van der Waals surface area contributed by atoms with E-state index < -0.39 is 0 Å².